The Bertz CT molecular complexity index is 1120. The van der Waals surface area contributed by atoms with Gasteiger partial charge in [-0.1, -0.05) is 48.5 Å². The normalized spacial score (nSPS) is 14.9. The Hall–Kier alpha value is -4.00. The number of carbonyl (C=O) groups excluding carboxylic acids is 2. The summed E-state index contributed by atoms with van der Waals surface area (Å²) in [6.07, 6.45) is 0.228. The average molecular weight is 431 g/mol. The van der Waals surface area contributed by atoms with Crippen LogP contribution >= 0.6 is 0 Å². The van der Waals surface area contributed by atoms with Crippen LogP contribution in [0.5, 0.6) is 11.5 Å². The Balaban J connectivity index is 1.61. The van der Waals surface area contributed by atoms with E-state index in [0.29, 0.717) is 29.2 Å². The van der Waals surface area contributed by atoms with Crippen LogP contribution in [0.15, 0.2) is 72.8 Å². The van der Waals surface area contributed by atoms with Gasteiger partial charge in [-0.05, 0) is 36.2 Å². The second kappa shape index (κ2) is 9.43. The van der Waals surface area contributed by atoms with E-state index in [9.17, 15) is 9.59 Å². The van der Waals surface area contributed by atoms with E-state index < -0.39 is 6.17 Å². The lowest BCUT2D eigenvalue weighted by Gasteiger charge is -2.38. The lowest BCUT2D eigenvalue weighted by molar-refractivity contribution is -0.125. The first kappa shape index (κ1) is 21.2. The fraction of sp³-hybridized carbons (Fsp3) is 0.200. The van der Waals surface area contributed by atoms with Crippen molar-refractivity contribution in [2.24, 2.45) is 0 Å². The fourth-order valence-corrected chi connectivity index (χ4v) is 3.72. The minimum Gasteiger partial charge on any atom is -0.493 e. The molecule has 0 saturated heterocycles. The lowest BCUT2D eigenvalue weighted by atomic mass is 10.0. The van der Waals surface area contributed by atoms with Crippen molar-refractivity contribution in [2.75, 3.05) is 19.5 Å². The maximum absolute atomic E-state index is 13.3. The molecule has 2 amide bonds. The third-order valence-corrected chi connectivity index (χ3v) is 5.38. The standard InChI is InChI=1S/C25H25N3O4/c1-31-21-14-13-18(16-22(21)32-2)24-26-20-11-7-6-10-19(20)25(30)28(24)27-23(29)15-12-17-8-4-3-5-9-17/h3-11,13-14,16,24,26H,12,15H2,1-2H3,(H,27,29). The van der Waals surface area contributed by atoms with Gasteiger partial charge in [-0.15, -0.1) is 0 Å². The molecule has 0 saturated carbocycles. The number of nitrogens with one attached hydrogen (secondary N) is 2. The molecule has 2 N–H and O–H groups in total. The van der Waals surface area contributed by atoms with E-state index in [1.165, 1.54) is 5.01 Å². The molecular weight excluding hydrogens is 406 g/mol. The predicted octanol–water partition coefficient (Wildman–Crippen LogP) is 3.93. The zero-order valence-corrected chi connectivity index (χ0v) is 18.0. The van der Waals surface area contributed by atoms with Crippen molar-refractivity contribution >= 4 is 17.5 Å². The number of hydrogen-bond acceptors (Lipinski definition) is 5. The van der Waals surface area contributed by atoms with E-state index in [4.69, 9.17) is 9.47 Å². The predicted molar refractivity (Wildman–Crippen MR) is 121 cm³/mol. The Morgan fingerprint density at radius 1 is 0.969 bits per heavy atom. The van der Waals surface area contributed by atoms with Crippen molar-refractivity contribution in [1.82, 2.24) is 10.4 Å². The SMILES string of the molecule is COc1ccc(C2Nc3ccccc3C(=O)N2NC(=O)CCc2ccccc2)cc1OC. The number of fused-ring (bicyclic) bond motifs is 1. The molecule has 1 unspecified atom stereocenters. The van der Waals surface area contributed by atoms with E-state index in [1.54, 1.807) is 38.5 Å². The molecule has 0 aromatic heterocycles. The molecular formula is C25H25N3O4. The van der Waals surface area contributed by atoms with Crippen LogP contribution in [0.4, 0.5) is 5.69 Å². The van der Waals surface area contributed by atoms with Gasteiger partial charge < -0.3 is 14.8 Å². The zero-order chi connectivity index (χ0) is 22.5. The van der Waals surface area contributed by atoms with E-state index in [2.05, 4.69) is 10.7 Å². The molecule has 7 heteroatoms. The summed E-state index contributed by atoms with van der Waals surface area (Å²) in [4.78, 5) is 26.1. The van der Waals surface area contributed by atoms with Crippen molar-refractivity contribution in [3.8, 4) is 11.5 Å². The number of hydrogen-bond donors (Lipinski definition) is 2. The molecule has 1 atom stereocenters. The van der Waals surface area contributed by atoms with Crippen LogP contribution in [-0.4, -0.2) is 31.0 Å². The number of amides is 2. The minimum absolute atomic E-state index is 0.242. The third kappa shape index (κ3) is 4.37. The second-order valence-electron chi connectivity index (χ2n) is 7.40. The molecule has 1 aliphatic rings. The van der Waals surface area contributed by atoms with Gasteiger partial charge in [0.2, 0.25) is 5.91 Å². The first-order chi connectivity index (χ1) is 15.6. The number of para-hydroxylation sites is 1. The van der Waals surface area contributed by atoms with Gasteiger partial charge in [-0.2, -0.15) is 0 Å². The highest BCUT2D eigenvalue weighted by molar-refractivity contribution is 6.02. The van der Waals surface area contributed by atoms with Crippen LogP contribution in [0.3, 0.4) is 0 Å². The number of anilines is 1. The number of carbonyl (C=O) groups is 2. The summed E-state index contributed by atoms with van der Waals surface area (Å²) in [6, 6.07) is 22.4. The molecule has 7 nitrogen and oxygen atoms in total. The van der Waals surface area contributed by atoms with Crippen molar-refractivity contribution < 1.29 is 19.1 Å². The Labute approximate surface area is 186 Å². The van der Waals surface area contributed by atoms with Gasteiger partial charge in [0.25, 0.3) is 5.91 Å². The summed E-state index contributed by atoms with van der Waals surface area (Å²) in [5, 5.41) is 4.70. The monoisotopic (exact) mass is 431 g/mol. The molecule has 4 rings (SSSR count). The first-order valence-corrected chi connectivity index (χ1v) is 10.3. The second-order valence-corrected chi connectivity index (χ2v) is 7.40. The summed E-state index contributed by atoms with van der Waals surface area (Å²) < 4.78 is 10.7. The Morgan fingerprint density at radius 3 is 2.44 bits per heavy atom. The molecule has 1 heterocycles. The summed E-state index contributed by atoms with van der Waals surface area (Å²) in [5.41, 5.74) is 5.81. The number of rotatable bonds is 7. The van der Waals surface area contributed by atoms with Crippen molar-refractivity contribution in [1.29, 1.82) is 0 Å². The van der Waals surface area contributed by atoms with Crippen LogP contribution < -0.4 is 20.2 Å². The maximum atomic E-state index is 13.3. The molecule has 0 fully saturated rings. The zero-order valence-electron chi connectivity index (χ0n) is 18.0. The van der Waals surface area contributed by atoms with Gasteiger partial charge in [-0.3, -0.25) is 15.0 Å². The van der Waals surface area contributed by atoms with Crippen molar-refractivity contribution in [2.45, 2.75) is 19.0 Å². The number of aryl methyl sites for hydroxylation is 1. The van der Waals surface area contributed by atoms with E-state index in [1.807, 2.05) is 48.5 Å². The van der Waals surface area contributed by atoms with E-state index >= 15 is 0 Å². The van der Waals surface area contributed by atoms with Crippen LogP contribution in [-0.2, 0) is 11.2 Å². The first-order valence-electron chi connectivity index (χ1n) is 10.3. The Morgan fingerprint density at radius 2 is 1.69 bits per heavy atom. The van der Waals surface area contributed by atoms with Crippen LogP contribution in [0.1, 0.15) is 34.1 Å². The molecule has 1 aliphatic heterocycles. The third-order valence-electron chi connectivity index (χ3n) is 5.38. The van der Waals surface area contributed by atoms with Gasteiger partial charge in [0.05, 0.1) is 19.8 Å². The molecule has 32 heavy (non-hydrogen) atoms. The van der Waals surface area contributed by atoms with Crippen molar-refractivity contribution in [3.63, 3.8) is 0 Å². The highest BCUT2D eigenvalue weighted by atomic mass is 16.5. The fourth-order valence-electron chi connectivity index (χ4n) is 3.72. The topological polar surface area (TPSA) is 79.9 Å². The number of methoxy groups -OCH3 is 2. The van der Waals surface area contributed by atoms with Crippen molar-refractivity contribution in [3.05, 3.63) is 89.5 Å². The highest BCUT2D eigenvalue weighted by Gasteiger charge is 2.34. The maximum Gasteiger partial charge on any atom is 0.276 e. The van der Waals surface area contributed by atoms with Gasteiger partial charge in [-0.25, -0.2) is 5.01 Å². The van der Waals surface area contributed by atoms with Crippen LogP contribution in [0.25, 0.3) is 0 Å². The smallest absolute Gasteiger partial charge is 0.276 e. The molecule has 0 radical (unpaired) electrons. The summed E-state index contributed by atoms with van der Waals surface area (Å²) in [7, 11) is 3.12. The summed E-state index contributed by atoms with van der Waals surface area (Å²) in [6.45, 7) is 0. The largest absolute Gasteiger partial charge is 0.493 e. The molecule has 3 aromatic rings. The van der Waals surface area contributed by atoms with Gasteiger partial charge >= 0.3 is 0 Å². The lowest BCUT2D eigenvalue weighted by Crippen LogP contribution is -2.52. The number of benzene rings is 3. The molecule has 164 valence electrons. The highest BCUT2D eigenvalue weighted by Crippen LogP contribution is 2.36. The van der Waals surface area contributed by atoms with Gasteiger partial charge in [0.15, 0.2) is 11.5 Å². The number of ether oxygens (including phenoxy) is 2. The van der Waals surface area contributed by atoms with E-state index in [-0.39, 0.29) is 18.2 Å². The minimum atomic E-state index is -0.613. The number of nitrogens with zero attached hydrogens (tertiary/aromatic N) is 1. The van der Waals surface area contributed by atoms with Gasteiger partial charge in [0.1, 0.15) is 6.17 Å². The van der Waals surface area contributed by atoms with Crippen LogP contribution in [0.2, 0.25) is 0 Å². The number of hydrazine groups is 1. The average Bonchev–Trinajstić information content (AvgIpc) is 2.84. The molecule has 0 spiro atoms. The quantitative estimate of drug-likeness (QED) is 0.593. The molecule has 0 bridgehead atoms. The van der Waals surface area contributed by atoms with Crippen LogP contribution in [0, 0.1) is 0 Å². The summed E-state index contributed by atoms with van der Waals surface area (Å²) in [5.74, 6) is 0.590. The Kier molecular flexibility index (Phi) is 6.26. The van der Waals surface area contributed by atoms with Gasteiger partial charge in [0, 0.05) is 17.7 Å². The summed E-state index contributed by atoms with van der Waals surface area (Å²) >= 11 is 0. The molecule has 3 aromatic carbocycles. The van der Waals surface area contributed by atoms with E-state index in [0.717, 1.165) is 11.1 Å². The molecule has 0 aliphatic carbocycles.